The molecule has 1 rings (SSSR count). The van der Waals surface area contributed by atoms with E-state index in [0.717, 1.165) is 10.0 Å². The van der Waals surface area contributed by atoms with Gasteiger partial charge in [-0.3, -0.25) is 4.79 Å². The van der Waals surface area contributed by atoms with Gasteiger partial charge in [0.05, 0.1) is 12.6 Å². The first kappa shape index (κ1) is 15.2. The van der Waals surface area contributed by atoms with E-state index in [-0.39, 0.29) is 17.5 Å². The van der Waals surface area contributed by atoms with E-state index in [1.165, 1.54) is 0 Å². The summed E-state index contributed by atoms with van der Waals surface area (Å²) in [6.45, 7) is 8.44. The monoisotopic (exact) mass is 312 g/mol. The Bertz CT molecular complexity index is 413. The SMILES string of the molecule is CC(NC(=O)CNC(C)(C)C)c1cccc(Br)c1. The molecule has 0 aliphatic heterocycles. The third-order valence-electron chi connectivity index (χ3n) is 2.51. The molecule has 0 saturated carbocycles. The molecule has 100 valence electrons. The molecule has 0 fully saturated rings. The molecular formula is C14H21BrN2O. The number of hydrogen-bond donors (Lipinski definition) is 2. The largest absolute Gasteiger partial charge is 0.348 e. The van der Waals surface area contributed by atoms with E-state index in [0.29, 0.717) is 6.54 Å². The highest BCUT2D eigenvalue weighted by Gasteiger charge is 2.13. The Hall–Kier alpha value is -0.870. The number of benzene rings is 1. The summed E-state index contributed by atoms with van der Waals surface area (Å²) >= 11 is 3.43. The van der Waals surface area contributed by atoms with Crippen LogP contribution in [-0.4, -0.2) is 18.0 Å². The fourth-order valence-corrected chi connectivity index (χ4v) is 1.91. The summed E-state index contributed by atoms with van der Waals surface area (Å²) in [7, 11) is 0. The van der Waals surface area contributed by atoms with Gasteiger partial charge in [0.25, 0.3) is 0 Å². The molecule has 0 bridgehead atoms. The molecule has 0 aliphatic carbocycles. The summed E-state index contributed by atoms with van der Waals surface area (Å²) in [4.78, 5) is 11.8. The normalized spacial score (nSPS) is 13.2. The predicted octanol–water partition coefficient (Wildman–Crippen LogP) is 3.01. The van der Waals surface area contributed by atoms with Gasteiger partial charge in [-0.15, -0.1) is 0 Å². The second-order valence-electron chi connectivity index (χ2n) is 5.45. The number of carbonyl (C=O) groups is 1. The van der Waals surface area contributed by atoms with E-state index in [2.05, 4.69) is 26.6 Å². The Morgan fingerprint density at radius 2 is 2.06 bits per heavy atom. The van der Waals surface area contributed by atoms with Crippen molar-refractivity contribution in [3.63, 3.8) is 0 Å². The van der Waals surface area contributed by atoms with E-state index in [1.807, 2.05) is 52.0 Å². The number of rotatable bonds is 4. The minimum Gasteiger partial charge on any atom is -0.348 e. The third-order valence-corrected chi connectivity index (χ3v) is 3.00. The topological polar surface area (TPSA) is 41.1 Å². The van der Waals surface area contributed by atoms with Gasteiger partial charge < -0.3 is 10.6 Å². The smallest absolute Gasteiger partial charge is 0.234 e. The maximum absolute atomic E-state index is 11.8. The molecular weight excluding hydrogens is 292 g/mol. The Balaban J connectivity index is 2.50. The van der Waals surface area contributed by atoms with Gasteiger partial charge in [-0.1, -0.05) is 28.1 Å². The summed E-state index contributed by atoms with van der Waals surface area (Å²) in [5, 5.41) is 6.14. The first-order chi connectivity index (χ1) is 8.28. The maximum Gasteiger partial charge on any atom is 0.234 e. The van der Waals surface area contributed by atoms with Crippen molar-refractivity contribution in [3.05, 3.63) is 34.3 Å². The molecule has 1 unspecified atom stereocenters. The van der Waals surface area contributed by atoms with Crippen molar-refractivity contribution in [1.29, 1.82) is 0 Å². The number of halogens is 1. The lowest BCUT2D eigenvalue weighted by Gasteiger charge is -2.21. The highest BCUT2D eigenvalue weighted by molar-refractivity contribution is 9.10. The average Bonchev–Trinajstić information content (AvgIpc) is 2.25. The van der Waals surface area contributed by atoms with Crippen molar-refractivity contribution < 1.29 is 4.79 Å². The molecule has 1 amide bonds. The van der Waals surface area contributed by atoms with Crippen molar-refractivity contribution in [3.8, 4) is 0 Å². The molecule has 1 atom stereocenters. The Morgan fingerprint density at radius 3 is 2.61 bits per heavy atom. The molecule has 0 aromatic heterocycles. The van der Waals surface area contributed by atoms with Crippen molar-refractivity contribution in [2.24, 2.45) is 0 Å². The van der Waals surface area contributed by atoms with Crippen LogP contribution in [0.2, 0.25) is 0 Å². The van der Waals surface area contributed by atoms with E-state index < -0.39 is 0 Å². The Kier molecular flexibility index (Phi) is 5.35. The van der Waals surface area contributed by atoms with Gasteiger partial charge in [0.2, 0.25) is 5.91 Å². The van der Waals surface area contributed by atoms with Gasteiger partial charge in [-0.25, -0.2) is 0 Å². The van der Waals surface area contributed by atoms with E-state index in [1.54, 1.807) is 0 Å². The first-order valence-electron chi connectivity index (χ1n) is 6.08. The lowest BCUT2D eigenvalue weighted by atomic mass is 10.1. The fourth-order valence-electron chi connectivity index (χ4n) is 1.50. The van der Waals surface area contributed by atoms with Crippen LogP contribution in [0.15, 0.2) is 28.7 Å². The third kappa shape index (κ3) is 5.65. The molecule has 0 radical (unpaired) electrons. The summed E-state index contributed by atoms with van der Waals surface area (Å²) in [6, 6.07) is 7.97. The highest BCUT2D eigenvalue weighted by atomic mass is 79.9. The minimum atomic E-state index is -0.0453. The van der Waals surface area contributed by atoms with Gasteiger partial charge in [-0.2, -0.15) is 0 Å². The minimum absolute atomic E-state index is 0.0109. The van der Waals surface area contributed by atoms with Crippen LogP contribution in [0, 0.1) is 0 Å². The molecule has 0 spiro atoms. The summed E-state index contributed by atoms with van der Waals surface area (Å²) in [6.07, 6.45) is 0. The van der Waals surface area contributed by atoms with E-state index in [4.69, 9.17) is 0 Å². The number of amides is 1. The fraction of sp³-hybridized carbons (Fsp3) is 0.500. The quantitative estimate of drug-likeness (QED) is 0.897. The standard InChI is InChI=1S/C14H21BrN2O/c1-10(11-6-5-7-12(15)8-11)17-13(18)9-16-14(2,3)4/h5-8,10,16H,9H2,1-4H3,(H,17,18). The zero-order valence-corrected chi connectivity index (χ0v) is 13.0. The maximum atomic E-state index is 11.8. The van der Waals surface area contributed by atoms with E-state index in [9.17, 15) is 4.79 Å². The van der Waals surface area contributed by atoms with Gasteiger partial charge in [0.1, 0.15) is 0 Å². The molecule has 1 aromatic rings. The van der Waals surface area contributed by atoms with Crippen LogP contribution < -0.4 is 10.6 Å². The highest BCUT2D eigenvalue weighted by Crippen LogP contribution is 2.17. The van der Waals surface area contributed by atoms with Crippen molar-refractivity contribution in [1.82, 2.24) is 10.6 Å². The van der Waals surface area contributed by atoms with Crippen LogP contribution in [-0.2, 0) is 4.79 Å². The van der Waals surface area contributed by atoms with Gasteiger partial charge in [0, 0.05) is 10.0 Å². The first-order valence-corrected chi connectivity index (χ1v) is 6.87. The molecule has 18 heavy (non-hydrogen) atoms. The van der Waals surface area contributed by atoms with Gasteiger partial charge >= 0.3 is 0 Å². The molecule has 0 saturated heterocycles. The summed E-state index contributed by atoms with van der Waals surface area (Å²) in [5.41, 5.74) is 1.05. The number of carbonyl (C=O) groups excluding carboxylic acids is 1. The van der Waals surface area contributed by atoms with Crippen LogP contribution in [0.1, 0.15) is 39.3 Å². The average molecular weight is 313 g/mol. The van der Waals surface area contributed by atoms with Gasteiger partial charge in [-0.05, 0) is 45.4 Å². The number of hydrogen-bond acceptors (Lipinski definition) is 2. The van der Waals surface area contributed by atoms with Crippen LogP contribution in [0.5, 0.6) is 0 Å². The van der Waals surface area contributed by atoms with Crippen LogP contribution in [0.4, 0.5) is 0 Å². The molecule has 1 aromatic carbocycles. The zero-order chi connectivity index (χ0) is 13.8. The van der Waals surface area contributed by atoms with Crippen LogP contribution >= 0.6 is 15.9 Å². The molecule has 0 heterocycles. The second-order valence-corrected chi connectivity index (χ2v) is 6.36. The molecule has 2 N–H and O–H groups in total. The molecule has 0 aliphatic rings. The van der Waals surface area contributed by atoms with Crippen LogP contribution in [0.25, 0.3) is 0 Å². The van der Waals surface area contributed by atoms with Gasteiger partial charge in [0.15, 0.2) is 0 Å². The van der Waals surface area contributed by atoms with Crippen molar-refractivity contribution >= 4 is 21.8 Å². The summed E-state index contributed by atoms with van der Waals surface area (Å²) < 4.78 is 1.02. The van der Waals surface area contributed by atoms with Crippen molar-refractivity contribution in [2.45, 2.75) is 39.3 Å². The lowest BCUT2D eigenvalue weighted by Crippen LogP contribution is -2.43. The Morgan fingerprint density at radius 1 is 1.39 bits per heavy atom. The van der Waals surface area contributed by atoms with Crippen LogP contribution in [0.3, 0.4) is 0 Å². The van der Waals surface area contributed by atoms with Crippen molar-refractivity contribution in [2.75, 3.05) is 6.54 Å². The molecule has 3 nitrogen and oxygen atoms in total. The van der Waals surface area contributed by atoms with E-state index >= 15 is 0 Å². The lowest BCUT2D eigenvalue weighted by molar-refractivity contribution is -0.121. The number of nitrogens with one attached hydrogen (secondary N) is 2. The predicted molar refractivity (Wildman–Crippen MR) is 78.5 cm³/mol. The zero-order valence-electron chi connectivity index (χ0n) is 11.4. The second kappa shape index (κ2) is 6.34. The molecule has 4 heteroatoms. The summed E-state index contributed by atoms with van der Waals surface area (Å²) in [5.74, 6) is 0.0115. The Labute approximate surface area is 117 Å².